The summed E-state index contributed by atoms with van der Waals surface area (Å²) in [6, 6.07) is 13.6. The number of thiazole rings is 1. The minimum atomic E-state index is -0.0645. The predicted octanol–water partition coefficient (Wildman–Crippen LogP) is 4.18. The van der Waals surface area contributed by atoms with Crippen molar-refractivity contribution in [2.24, 2.45) is 0 Å². The number of hydrogen-bond acceptors (Lipinski definition) is 6. The average molecular weight is 438 g/mol. The van der Waals surface area contributed by atoms with Crippen molar-refractivity contribution in [2.75, 3.05) is 38.2 Å². The van der Waals surface area contributed by atoms with E-state index in [1.54, 1.807) is 30.6 Å². The Morgan fingerprint density at radius 3 is 2.58 bits per heavy atom. The van der Waals surface area contributed by atoms with Gasteiger partial charge in [0.05, 0.1) is 22.9 Å². The molecule has 1 amide bonds. The molecule has 0 atom stereocenters. The van der Waals surface area contributed by atoms with Crippen molar-refractivity contribution in [3.05, 3.63) is 53.6 Å². The van der Waals surface area contributed by atoms with Crippen LogP contribution in [0, 0.1) is 0 Å². The molecule has 0 spiro atoms. The van der Waals surface area contributed by atoms with E-state index in [-0.39, 0.29) is 24.5 Å². The van der Waals surface area contributed by atoms with Crippen LogP contribution >= 0.6 is 11.3 Å². The van der Waals surface area contributed by atoms with Crippen LogP contribution in [0.1, 0.15) is 35.7 Å². The van der Waals surface area contributed by atoms with Crippen LogP contribution in [-0.2, 0) is 11.2 Å². The van der Waals surface area contributed by atoms with E-state index >= 15 is 0 Å². The fourth-order valence-corrected chi connectivity index (χ4v) is 4.93. The molecule has 1 aliphatic rings. The van der Waals surface area contributed by atoms with Crippen LogP contribution in [0.4, 0.5) is 5.13 Å². The molecule has 0 radical (unpaired) electrons. The first-order chi connectivity index (χ1) is 15.1. The van der Waals surface area contributed by atoms with Gasteiger partial charge in [-0.1, -0.05) is 36.5 Å². The third-order valence-electron chi connectivity index (χ3n) is 5.73. The summed E-state index contributed by atoms with van der Waals surface area (Å²) in [6.07, 6.45) is 1.43. The lowest BCUT2D eigenvalue weighted by Crippen LogP contribution is -2.48. The lowest BCUT2D eigenvalue weighted by molar-refractivity contribution is -0.131. The number of nitrogens with zero attached hydrogens (tertiary/aromatic N) is 3. The molecule has 7 heteroatoms. The number of benzene rings is 2. The zero-order valence-electron chi connectivity index (χ0n) is 18.0. The van der Waals surface area contributed by atoms with E-state index in [9.17, 15) is 9.59 Å². The Balaban J connectivity index is 1.31. The number of aryl methyl sites for hydroxylation is 1. The Morgan fingerprint density at radius 1 is 1.06 bits per heavy atom. The molecule has 4 rings (SSSR count). The number of ether oxygens (including phenoxy) is 1. The topological polar surface area (TPSA) is 62.7 Å². The molecule has 0 bridgehead atoms. The van der Waals surface area contributed by atoms with Crippen molar-refractivity contribution >= 4 is 38.4 Å². The summed E-state index contributed by atoms with van der Waals surface area (Å²) in [4.78, 5) is 34.0. The highest BCUT2D eigenvalue weighted by Crippen LogP contribution is 2.30. The molecule has 0 unspecified atom stereocenters. The van der Waals surface area contributed by atoms with E-state index < -0.39 is 0 Å². The van der Waals surface area contributed by atoms with Gasteiger partial charge in [0.25, 0.3) is 0 Å². The second-order valence-electron chi connectivity index (χ2n) is 7.64. The molecule has 0 saturated carbocycles. The van der Waals surface area contributed by atoms with Crippen LogP contribution in [0.25, 0.3) is 10.2 Å². The van der Waals surface area contributed by atoms with Crippen LogP contribution in [0.15, 0.2) is 42.5 Å². The van der Waals surface area contributed by atoms with Gasteiger partial charge in [0, 0.05) is 39.0 Å². The van der Waals surface area contributed by atoms with Crippen molar-refractivity contribution in [2.45, 2.75) is 26.2 Å². The molecular weight excluding hydrogens is 410 g/mol. The van der Waals surface area contributed by atoms with Crippen LogP contribution in [0.3, 0.4) is 0 Å². The first-order valence-electron chi connectivity index (χ1n) is 10.7. The summed E-state index contributed by atoms with van der Waals surface area (Å²) in [5.41, 5.74) is 2.89. The van der Waals surface area contributed by atoms with Crippen LogP contribution in [-0.4, -0.2) is 54.9 Å². The molecule has 1 aliphatic heterocycles. The van der Waals surface area contributed by atoms with E-state index in [1.807, 2.05) is 17.0 Å². The van der Waals surface area contributed by atoms with Gasteiger partial charge in [0.2, 0.25) is 5.91 Å². The standard InChI is InChI=1S/C24H27N3O3S/c1-3-17-8-9-19-22(16-17)31-24(25-19)27-14-12-26(13-15-27)23(29)11-10-20(28)18-6-4-5-7-21(18)30-2/h4-9,16H,3,10-15H2,1-2H3. The number of carbonyl (C=O) groups is 2. The largest absolute Gasteiger partial charge is 0.496 e. The quantitative estimate of drug-likeness (QED) is 0.519. The number of rotatable bonds is 7. The van der Waals surface area contributed by atoms with Crippen LogP contribution < -0.4 is 9.64 Å². The average Bonchev–Trinajstić information content (AvgIpc) is 3.25. The lowest BCUT2D eigenvalue weighted by atomic mass is 10.0. The second kappa shape index (κ2) is 9.47. The Bertz CT molecular complexity index is 1090. The number of fused-ring (bicyclic) bond motifs is 1. The van der Waals surface area contributed by atoms with Gasteiger partial charge in [-0.15, -0.1) is 0 Å². The first kappa shape index (κ1) is 21.3. The second-order valence-corrected chi connectivity index (χ2v) is 8.65. The van der Waals surface area contributed by atoms with E-state index in [2.05, 4.69) is 30.0 Å². The fourth-order valence-electron chi connectivity index (χ4n) is 3.85. The van der Waals surface area contributed by atoms with E-state index in [0.29, 0.717) is 24.4 Å². The van der Waals surface area contributed by atoms with Crippen molar-refractivity contribution < 1.29 is 14.3 Å². The summed E-state index contributed by atoms with van der Waals surface area (Å²) in [5.74, 6) is 0.514. The Morgan fingerprint density at radius 2 is 1.84 bits per heavy atom. The predicted molar refractivity (Wildman–Crippen MR) is 124 cm³/mol. The Hall–Kier alpha value is -2.93. The summed E-state index contributed by atoms with van der Waals surface area (Å²) in [7, 11) is 1.55. The van der Waals surface area contributed by atoms with Crippen molar-refractivity contribution in [3.8, 4) is 5.75 Å². The molecule has 3 aromatic rings. The number of para-hydroxylation sites is 1. The first-order valence-corrected chi connectivity index (χ1v) is 11.5. The maximum atomic E-state index is 12.7. The van der Waals surface area contributed by atoms with Gasteiger partial charge in [-0.3, -0.25) is 9.59 Å². The SMILES string of the molecule is CCc1ccc2nc(N3CCN(C(=O)CCC(=O)c4ccccc4OC)CC3)sc2c1. The third-order valence-corrected chi connectivity index (χ3v) is 6.80. The maximum Gasteiger partial charge on any atom is 0.223 e. The number of Topliss-reactive ketones (excluding diaryl/α,β-unsaturated/α-hetero) is 1. The minimum Gasteiger partial charge on any atom is -0.496 e. The highest BCUT2D eigenvalue weighted by molar-refractivity contribution is 7.22. The summed E-state index contributed by atoms with van der Waals surface area (Å²) >= 11 is 1.71. The number of methoxy groups -OCH3 is 1. The highest BCUT2D eigenvalue weighted by Gasteiger charge is 2.24. The molecule has 1 fully saturated rings. The number of carbonyl (C=O) groups excluding carboxylic acids is 2. The number of piperazine rings is 1. The van der Waals surface area contributed by atoms with Gasteiger partial charge in [-0.25, -0.2) is 4.98 Å². The lowest BCUT2D eigenvalue weighted by Gasteiger charge is -2.34. The van der Waals surface area contributed by atoms with Crippen molar-refractivity contribution in [1.29, 1.82) is 0 Å². The number of amides is 1. The summed E-state index contributed by atoms with van der Waals surface area (Å²) in [5, 5.41) is 1.02. The minimum absolute atomic E-state index is 0.0276. The highest BCUT2D eigenvalue weighted by atomic mass is 32.1. The van der Waals surface area contributed by atoms with Gasteiger partial charge in [-0.2, -0.15) is 0 Å². The molecule has 0 aliphatic carbocycles. The van der Waals surface area contributed by atoms with Gasteiger partial charge < -0.3 is 14.5 Å². The number of anilines is 1. The molecule has 0 N–H and O–H groups in total. The summed E-state index contributed by atoms with van der Waals surface area (Å²) < 4.78 is 6.46. The third kappa shape index (κ3) is 4.71. The monoisotopic (exact) mass is 437 g/mol. The van der Waals surface area contributed by atoms with E-state index in [0.717, 1.165) is 30.2 Å². The molecular formula is C24H27N3O3S. The van der Waals surface area contributed by atoms with Gasteiger partial charge >= 0.3 is 0 Å². The Labute approximate surface area is 186 Å². The summed E-state index contributed by atoms with van der Waals surface area (Å²) in [6.45, 7) is 4.97. The maximum absolute atomic E-state index is 12.7. The molecule has 2 aromatic carbocycles. The molecule has 1 saturated heterocycles. The molecule has 2 heterocycles. The zero-order chi connectivity index (χ0) is 21.8. The van der Waals surface area contributed by atoms with E-state index in [4.69, 9.17) is 9.72 Å². The molecule has 6 nitrogen and oxygen atoms in total. The van der Waals surface area contributed by atoms with Crippen LogP contribution in [0.5, 0.6) is 5.75 Å². The van der Waals surface area contributed by atoms with E-state index in [1.165, 1.54) is 10.3 Å². The smallest absolute Gasteiger partial charge is 0.223 e. The Kier molecular flexibility index (Phi) is 6.51. The fraction of sp³-hybridized carbons (Fsp3) is 0.375. The number of hydrogen-bond donors (Lipinski definition) is 0. The number of aromatic nitrogens is 1. The van der Waals surface area contributed by atoms with Gasteiger partial charge in [-0.05, 0) is 36.2 Å². The van der Waals surface area contributed by atoms with Crippen molar-refractivity contribution in [3.63, 3.8) is 0 Å². The van der Waals surface area contributed by atoms with Crippen molar-refractivity contribution in [1.82, 2.24) is 9.88 Å². The zero-order valence-corrected chi connectivity index (χ0v) is 18.8. The normalized spacial score (nSPS) is 14.1. The molecule has 162 valence electrons. The van der Waals surface area contributed by atoms with Crippen LogP contribution in [0.2, 0.25) is 0 Å². The van der Waals surface area contributed by atoms with Gasteiger partial charge in [0.1, 0.15) is 5.75 Å². The molecule has 1 aromatic heterocycles. The van der Waals surface area contributed by atoms with Gasteiger partial charge in [0.15, 0.2) is 10.9 Å². The number of ketones is 1. The molecule has 31 heavy (non-hydrogen) atoms.